The number of hydrogen-bond acceptors (Lipinski definition) is 0. The molecule has 0 bridgehead atoms. The number of rotatable bonds is 4. The molecule has 0 saturated heterocycles. The zero-order valence-electron chi connectivity index (χ0n) is 15.6. The summed E-state index contributed by atoms with van der Waals surface area (Å²) >= 11 is -0.725. The molecule has 0 amide bonds. The van der Waals surface area contributed by atoms with Gasteiger partial charge in [0.05, 0.1) is 0 Å². The molecule has 0 aliphatic heterocycles. The standard InChI is InChI=1S/C13H9.C11H17.Zr/c1-3-7-12-10(5-1)9-11-6-2-4-8-13(11)12;1-8(2)10-5-6-11(7-10)9(3)4;/h1-9H;7-9H,5H2,1-4H3;. The second-order valence-electron chi connectivity index (χ2n) is 7.89. The second kappa shape index (κ2) is 6.84. The summed E-state index contributed by atoms with van der Waals surface area (Å²) in [7, 11) is 0. The van der Waals surface area contributed by atoms with Crippen LogP contribution in [0.5, 0.6) is 0 Å². The fourth-order valence-corrected chi connectivity index (χ4v) is 9.06. The van der Waals surface area contributed by atoms with Crippen LogP contribution in [0.2, 0.25) is 0 Å². The molecule has 0 N–H and O–H groups in total. The Hall–Kier alpha value is -1.20. The molecule has 25 heavy (non-hydrogen) atoms. The van der Waals surface area contributed by atoms with Crippen LogP contribution < -0.4 is 0 Å². The maximum absolute atomic E-state index is 2.54. The van der Waals surface area contributed by atoms with Crippen LogP contribution in [-0.4, -0.2) is 0 Å². The van der Waals surface area contributed by atoms with Crippen molar-refractivity contribution in [2.75, 3.05) is 0 Å². The Labute approximate surface area is 163 Å². The van der Waals surface area contributed by atoms with E-state index in [0.29, 0.717) is 15.5 Å². The van der Waals surface area contributed by atoms with Gasteiger partial charge in [0.2, 0.25) is 0 Å². The first-order valence-electron chi connectivity index (χ1n) is 9.44. The van der Waals surface area contributed by atoms with Gasteiger partial charge in [-0.1, -0.05) is 0 Å². The molecule has 1 heteroatoms. The van der Waals surface area contributed by atoms with Crippen LogP contribution >= 0.6 is 0 Å². The molecule has 0 fully saturated rings. The summed E-state index contributed by atoms with van der Waals surface area (Å²) in [6, 6.07) is 18.2. The summed E-state index contributed by atoms with van der Waals surface area (Å²) in [5, 5.41) is 0. The van der Waals surface area contributed by atoms with Gasteiger partial charge in [-0.3, -0.25) is 0 Å². The third kappa shape index (κ3) is 3.06. The number of hydrogen-bond donors (Lipinski definition) is 0. The Bertz CT molecular complexity index is 822. The monoisotopic (exact) mass is 404 g/mol. The summed E-state index contributed by atoms with van der Waals surface area (Å²) in [5.74, 6) is 1.33. The first-order valence-corrected chi connectivity index (χ1v) is 12.1. The fourth-order valence-electron chi connectivity index (χ4n) is 4.15. The van der Waals surface area contributed by atoms with E-state index in [0.717, 1.165) is 0 Å². The van der Waals surface area contributed by atoms with Gasteiger partial charge in [-0.25, -0.2) is 0 Å². The van der Waals surface area contributed by atoms with Crippen molar-refractivity contribution in [2.24, 2.45) is 11.8 Å². The van der Waals surface area contributed by atoms with E-state index in [9.17, 15) is 0 Å². The van der Waals surface area contributed by atoms with E-state index in [1.807, 2.05) is 3.28 Å². The van der Waals surface area contributed by atoms with Gasteiger partial charge >= 0.3 is 164 Å². The maximum atomic E-state index is 2.54. The number of allylic oxidation sites excluding steroid dienone is 4. The molecule has 0 saturated carbocycles. The Morgan fingerprint density at radius 3 is 1.88 bits per heavy atom. The average Bonchev–Trinajstić information content (AvgIpc) is 3.17. The molecule has 2 aliphatic carbocycles. The molecule has 2 aromatic rings. The SMILES string of the molecule is CC(C)C1=CC(C(C)C)=[C]([Zr][CH]2c3ccccc3-c3ccccc32)C1. The second-order valence-corrected chi connectivity index (χ2v) is 11.5. The molecule has 0 atom stereocenters. The van der Waals surface area contributed by atoms with E-state index in [2.05, 4.69) is 82.3 Å². The van der Waals surface area contributed by atoms with Crippen LogP contribution in [0.4, 0.5) is 0 Å². The number of benzene rings is 2. The van der Waals surface area contributed by atoms with Crippen LogP contribution in [0.15, 0.2) is 69.0 Å². The predicted molar refractivity (Wildman–Crippen MR) is 103 cm³/mol. The van der Waals surface area contributed by atoms with Gasteiger partial charge in [-0.15, -0.1) is 0 Å². The Kier molecular flexibility index (Phi) is 4.72. The molecular weight excluding hydrogens is 379 g/mol. The molecule has 0 aromatic heterocycles. The average molecular weight is 406 g/mol. The van der Waals surface area contributed by atoms with E-state index in [-0.39, 0.29) is 0 Å². The van der Waals surface area contributed by atoms with Gasteiger partial charge in [-0.05, 0) is 0 Å². The van der Waals surface area contributed by atoms with E-state index < -0.39 is 23.2 Å². The molecule has 0 nitrogen and oxygen atoms in total. The Morgan fingerprint density at radius 2 is 1.36 bits per heavy atom. The van der Waals surface area contributed by atoms with Crippen molar-refractivity contribution in [3.63, 3.8) is 0 Å². The molecule has 0 unspecified atom stereocenters. The summed E-state index contributed by atoms with van der Waals surface area (Å²) < 4.78 is 2.51. The third-order valence-electron chi connectivity index (χ3n) is 5.59. The van der Waals surface area contributed by atoms with E-state index in [1.165, 1.54) is 17.5 Å². The minimum atomic E-state index is -0.725. The molecular formula is C24H26Zr. The van der Waals surface area contributed by atoms with Crippen molar-refractivity contribution in [1.82, 2.24) is 0 Å². The van der Waals surface area contributed by atoms with Crippen molar-refractivity contribution in [2.45, 2.75) is 37.7 Å². The molecule has 0 spiro atoms. The molecule has 2 aromatic carbocycles. The predicted octanol–water partition coefficient (Wildman–Crippen LogP) is 6.74. The van der Waals surface area contributed by atoms with Crippen LogP contribution in [0, 0.1) is 11.8 Å². The first kappa shape index (κ1) is 17.2. The molecule has 2 aliphatic rings. The van der Waals surface area contributed by atoms with Crippen molar-refractivity contribution in [3.05, 3.63) is 80.2 Å². The van der Waals surface area contributed by atoms with Crippen LogP contribution in [-0.2, 0) is 23.2 Å². The molecule has 4 rings (SSSR count). The molecule has 126 valence electrons. The topological polar surface area (TPSA) is 0 Å². The van der Waals surface area contributed by atoms with Crippen LogP contribution in [0.3, 0.4) is 0 Å². The van der Waals surface area contributed by atoms with E-state index in [4.69, 9.17) is 0 Å². The van der Waals surface area contributed by atoms with Crippen molar-refractivity contribution in [1.29, 1.82) is 0 Å². The van der Waals surface area contributed by atoms with Gasteiger partial charge in [-0.2, -0.15) is 0 Å². The van der Waals surface area contributed by atoms with E-state index >= 15 is 0 Å². The summed E-state index contributed by atoms with van der Waals surface area (Å²) in [6.45, 7) is 9.42. The van der Waals surface area contributed by atoms with Crippen LogP contribution in [0.25, 0.3) is 11.1 Å². The summed E-state index contributed by atoms with van der Waals surface area (Å²) in [4.78, 5) is 0. The normalized spacial score (nSPS) is 16.5. The summed E-state index contributed by atoms with van der Waals surface area (Å²) in [5.41, 5.74) is 9.45. The van der Waals surface area contributed by atoms with Crippen molar-refractivity contribution < 1.29 is 23.2 Å². The Balaban J connectivity index is 1.73. The summed E-state index contributed by atoms with van der Waals surface area (Å²) in [6.07, 6.45) is 3.79. The van der Waals surface area contributed by atoms with Crippen molar-refractivity contribution in [3.8, 4) is 11.1 Å². The van der Waals surface area contributed by atoms with Gasteiger partial charge in [0.25, 0.3) is 0 Å². The Morgan fingerprint density at radius 1 is 0.800 bits per heavy atom. The zero-order valence-corrected chi connectivity index (χ0v) is 18.1. The quantitative estimate of drug-likeness (QED) is 0.528. The van der Waals surface area contributed by atoms with Gasteiger partial charge in [0.1, 0.15) is 0 Å². The van der Waals surface area contributed by atoms with Crippen LogP contribution in [0.1, 0.15) is 48.9 Å². The first-order chi connectivity index (χ1) is 12.1. The third-order valence-corrected chi connectivity index (χ3v) is 9.83. The van der Waals surface area contributed by atoms with Crippen molar-refractivity contribution >= 4 is 0 Å². The van der Waals surface area contributed by atoms with Gasteiger partial charge in [0, 0.05) is 0 Å². The van der Waals surface area contributed by atoms with E-state index in [1.54, 1.807) is 22.3 Å². The molecule has 0 radical (unpaired) electrons. The van der Waals surface area contributed by atoms with Gasteiger partial charge < -0.3 is 0 Å². The van der Waals surface area contributed by atoms with Gasteiger partial charge in [0.15, 0.2) is 0 Å². The molecule has 0 heterocycles. The fraction of sp³-hybridized carbons (Fsp3) is 0.333. The minimum absolute atomic E-state index is 0.652. The number of fused-ring (bicyclic) bond motifs is 3. The zero-order chi connectivity index (χ0) is 17.6.